The second-order valence-corrected chi connectivity index (χ2v) is 4.23. The number of halogens is 1. The molecule has 0 atom stereocenters. The van der Waals surface area contributed by atoms with Crippen LogP contribution in [0.4, 0.5) is 4.39 Å². The maximum absolute atomic E-state index is 12.6. The van der Waals surface area contributed by atoms with E-state index in [4.69, 9.17) is 4.74 Å². The second-order valence-electron chi connectivity index (χ2n) is 4.23. The Bertz CT molecular complexity index is 499. The van der Waals surface area contributed by atoms with E-state index in [1.807, 2.05) is 12.1 Å². The van der Waals surface area contributed by atoms with Crippen molar-refractivity contribution >= 4 is 0 Å². The molecule has 1 aromatic carbocycles. The number of hydrogen-bond donors (Lipinski definition) is 0. The zero-order valence-electron chi connectivity index (χ0n) is 9.27. The molecule has 0 radical (unpaired) electrons. The van der Waals surface area contributed by atoms with Gasteiger partial charge in [0.25, 0.3) is 0 Å². The van der Waals surface area contributed by atoms with Crippen LogP contribution in [-0.4, -0.2) is 11.1 Å². The molecular weight excluding hydrogens is 217 g/mol. The Morgan fingerprint density at radius 2 is 1.76 bits per heavy atom. The molecule has 0 aliphatic heterocycles. The fourth-order valence-electron chi connectivity index (χ4n) is 2.23. The monoisotopic (exact) mass is 229 g/mol. The molecule has 0 bridgehead atoms. The van der Waals surface area contributed by atoms with Gasteiger partial charge in [-0.3, -0.25) is 0 Å². The molecule has 0 saturated carbocycles. The van der Waals surface area contributed by atoms with Crippen molar-refractivity contribution in [3.63, 3.8) is 0 Å². The molecule has 0 N–H and O–H groups in total. The van der Waals surface area contributed by atoms with E-state index in [0.717, 1.165) is 12.8 Å². The van der Waals surface area contributed by atoms with Crippen LogP contribution in [0.15, 0.2) is 42.6 Å². The van der Waals surface area contributed by atoms with E-state index in [0.29, 0.717) is 5.75 Å². The number of aromatic nitrogens is 1. The van der Waals surface area contributed by atoms with Crippen molar-refractivity contribution in [2.24, 2.45) is 0 Å². The van der Waals surface area contributed by atoms with Gasteiger partial charge in [0, 0.05) is 12.8 Å². The van der Waals surface area contributed by atoms with Crippen molar-refractivity contribution in [1.82, 2.24) is 4.98 Å². The van der Waals surface area contributed by atoms with Crippen molar-refractivity contribution in [2.75, 3.05) is 0 Å². The van der Waals surface area contributed by atoms with E-state index < -0.39 is 5.95 Å². The fraction of sp³-hybridized carbons (Fsp3) is 0.214. The molecule has 2 aromatic rings. The third kappa shape index (κ3) is 2.13. The van der Waals surface area contributed by atoms with Crippen LogP contribution in [0.25, 0.3) is 0 Å². The summed E-state index contributed by atoms with van der Waals surface area (Å²) in [6.07, 6.45) is 3.39. The predicted molar refractivity (Wildman–Crippen MR) is 62.5 cm³/mol. The summed E-state index contributed by atoms with van der Waals surface area (Å²) in [5.74, 6) is 0.149. The summed E-state index contributed by atoms with van der Waals surface area (Å²) in [5, 5.41) is 0. The zero-order chi connectivity index (χ0) is 11.7. The highest BCUT2D eigenvalue weighted by Crippen LogP contribution is 2.25. The lowest BCUT2D eigenvalue weighted by Crippen LogP contribution is -2.16. The number of pyridine rings is 1. The van der Waals surface area contributed by atoms with Gasteiger partial charge in [0.1, 0.15) is 11.9 Å². The molecule has 1 aliphatic rings. The van der Waals surface area contributed by atoms with Crippen LogP contribution in [0, 0.1) is 5.95 Å². The van der Waals surface area contributed by atoms with Gasteiger partial charge in [-0.1, -0.05) is 24.3 Å². The largest absolute Gasteiger partial charge is 0.488 e. The van der Waals surface area contributed by atoms with E-state index in [1.54, 1.807) is 6.07 Å². The van der Waals surface area contributed by atoms with Crippen molar-refractivity contribution < 1.29 is 9.13 Å². The van der Waals surface area contributed by atoms with E-state index >= 15 is 0 Å². The lowest BCUT2D eigenvalue weighted by molar-refractivity contribution is 0.212. The third-order valence-electron chi connectivity index (χ3n) is 3.02. The Morgan fingerprint density at radius 1 is 1.06 bits per heavy atom. The van der Waals surface area contributed by atoms with Gasteiger partial charge in [-0.15, -0.1) is 0 Å². The van der Waals surface area contributed by atoms with Crippen molar-refractivity contribution in [2.45, 2.75) is 18.9 Å². The molecule has 1 aliphatic carbocycles. The molecule has 2 nitrogen and oxygen atoms in total. The fourth-order valence-corrected chi connectivity index (χ4v) is 2.23. The molecule has 1 aromatic heterocycles. The van der Waals surface area contributed by atoms with Crippen molar-refractivity contribution in [1.29, 1.82) is 0 Å². The molecule has 3 rings (SSSR count). The van der Waals surface area contributed by atoms with Crippen molar-refractivity contribution in [3.8, 4) is 5.75 Å². The first-order valence-electron chi connectivity index (χ1n) is 5.66. The van der Waals surface area contributed by atoms with Crippen LogP contribution in [0.1, 0.15) is 11.1 Å². The quantitative estimate of drug-likeness (QED) is 0.739. The minimum atomic E-state index is -0.480. The second kappa shape index (κ2) is 4.17. The molecule has 0 unspecified atom stereocenters. The van der Waals surface area contributed by atoms with Gasteiger partial charge in [0.05, 0.1) is 6.20 Å². The van der Waals surface area contributed by atoms with E-state index in [9.17, 15) is 4.39 Å². The van der Waals surface area contributed by atoms with Gasteiger partial charge in [0.2, 0.25) is 5.95 Å². The highest BCUT2D eigenvalue weighted by Gasteiger charge is 2.22. The van der Waals surface area contributed by atoms with Crippen LogP contribution >= 0.6 is 0 Å². The smallest absolute Gasteiger partial charge is 0.213 e. The molecular formula is C14H12FNO. The minimum Gasteiger partial charge on any atom is -0.488 e. The molecule has 0 saturated heterocycles. The summed E-state index contributed by atoms with van der Waals surface area (Å²) < 4.78 is 18.4. The molecule has 3 heteroatoms. The molecule has 0 amide bonds. The van der Waals surface area contributed by atoms with Gasteiger partial charge < -0.3 is 4.74 Å². The Balaban J connectivity index is 1.71. The highest BCUT2D eigenvalue weighted by atomic mass is 19.1. The lowest BCUT2D eigenvalue weighted by atomic mass is 10.1. The maximum Gasteiger partial charge on any atom is 0.213 e. The average molecular weight is 229 g/mol. The normalized spacial score (nSPS) is 14.6. The SMILES string of the molecule is Fc1ccc(OC2Cc3ccccc3C2)cn1. The first-order chi connectivity index (χ1) is 8.31. The molecule has 0 fully saturated rings. The van der Waals surface area contributed by atoms with Gasteiger partial charge in [-0.2, -0.15) is 4.39 Å². The Hall–Kier alpha value is -1.90. The average Bonchev–Trinajstić information content (AvgIpc) is 2.74. The van der Waals surface area contributed by atoms with Crippen LogP contribution in [0.3, 0.4) is 0 Å². The van der Waals surface area contributed by atoms with Crippen LogP contribution in [0.5, 0.6) is 5.75 Å². The van der Waals surface area contributed by atoms with E-state index in [2.05, 4.69) is 17.1 Å². The van der Waals surface area contributed by atoms with Crippen LogP contribution in [-0.2, 0) is 12.8 Å². The summed E-state index contributed by atoms with van der Waals surface area (Å²) in [6.45, 7) is 0. The molecule has 17 heavy (non-hydrogen) atoms. The first-order valence-corrected chi connectivity index (χ1v) is 5.66. The Morgan fingerprint density at radius 3 is 2.35 bits per heavy atom. The van der Waals surface area contributed by atoms with Gasteiger partial charge >= 0.3 is 0 Å². The topological polar surface area (TPSA) is 22.1 Å². The number of benzene rings is 1. The number of rotatable bonds is 2. The summed E-state index contributed by atoms with van der Waals surface area (Å²) in [5.41, 5.74) is 2.68. The predicted octanol–water partition coefficient (Wildman–Crippen LogP) is 2.77. The molecule has 1 heterocycles. The number of hydrogen-bond acceptors (Lipinski definition) is 2. The van der Waals surface area contributed by atoms with Crippen LogP contribution in [0.2, 0.25) is 0 Å². The Kier molecular flexibility index (Phi) is 2.52. The van der Waals surface area contributed by atoms with Gasteiger partial charge in [-0.25, -0.2) is 4.98 Å². The van der Waals surface area contributed by atoms with Crippen LogP contribution < -0.4 is 4.74 Å². The molecule has 86 valence electrons. The summed E-state index contributed by atoms with van der Waals surface area (Å²) >= 11 is 0. The van der Waals surface area contributed by atoms with Crippen molar-refractivity contribution in [3.05, 3.63) is 59.7 Å². The number of nitrogens with zero attached hydrogens (tertiary/aromatic N) is 1. The van der Waals surface area contributed by atoms with Gasteiger partial charge in [0.15, 0.2) is 0 Å². The zero-order valence-corrected chi connectivity index (χ0v) is 9.27. The summed E-state index contributed by atoms with van der Waals surface area (Å²) in [6, 6.07) is 11.3. The summed E-state index contributed by atoms with van der Waals surface area (Å²) in [4.78, 5) is 3.58. The summed E-state index contributed by atoms with van der Waals surface area (Å²) in [7, 11) is 0. The van der Waals surface area contributed by atoms with E-state index in [1.165, 1.54) is 23.4 Å². The van der Waals surface area contributed by atoms with E-state index in [-0.39, 0.29) is 6.10 Å². The highest BCUT2D eigenvalue weighted by molar-refractivity contribution is 5.33. The minimum absolute atomic E-state index is 0.139. The Labute approximate surface area is 99.1 Å². The standard InChI is InChI=1S/C14H12FNO/c15-14-6-5-12(9-16-14)17-13-7-10-3-1-2-4-11(10)8-13/h1-6,9,13H,7-8H2. The number of ether oxygens (including phenoxy) is 1. The van der Waals surface area contributed by atoms with Gasteiger partial charge in [-0.05, 0) is 23.3 Å². The number of fused-ring (bicyclic) bond motifs is 1. The lowest BCUT2D eigenvalue weighted by Gasteiger charge is -2.12. The third-order valence-corrected chi connectivity index (χ3v) is 3.02. The maximum atomic E-state index is 12.6. The first kappa shape index (κ1) is 10.3. The molecule has 0 spiro atoms.